The second-order valence-electron chi connectivity index (χ2n) is 6.01. The molecule has 0 atom stereocenters. The first kappa shape index (κ1) is 20.6. The van der Waals surface area contributed by atoms with Crippen molar-refractivity contribution < 1.29 is 13.2 Å². The first-order chi connectivity index (χ1) is 11.4. The number of hydrogen-bond acceptors (Lipinski definition) is 3. The molecule has 0 radical (unpaired) electrons. The van der Waals surface area contributed by atoms with E-state index >= 15 is 0 Å². The van der Waals surface area contributed by atoms with Gasteiger partial charge >= 0.3 is 0 Å². The van der Waals surface area contributed by atoms with Crippen LogP contribution in [0.3, 0.4) is 0 Å². The van der Waals surface area contributed by atoms with Crippen LogP contribution in [0.25, 0.3) is 0 Å². The fourth-order valence-electron chi connectivity index (χ4n) is 2.49. The summed E-state index contributed by atoms with van der Waals surface area (Å²) in [5.74, 6) is -0.0774. The van der Waals surface area contributed by atoms with Crippen LogP contribution in [0.2, 0.25) is 0 Å². The van der Waals surface area contributed by atoms with Gasteiger partial charge in [-0.25, -0.2) is 8.42 Å². The Kier molecular flexibility index (Phi) is 8.42. The van der Waals surface area contributed by atoms with E-state index in [1.54, 1.807) is 24.1 Å². The van der Waals surface area contributed by atoms with Crippen LogP contribution in [0.15, 0.2) is 29.2 Å². The Hall–Kier alpha value is -1.40. The average molecular weight is 355 g/mol. The predicted molar refractivity (Wildman–Crippen MR) is 97.7 cm³/mol. The van der Waals surface area contributed by atoms with Gasteiger partial charge in [0, 0.05) is 32.2 Å². The molecule has 1 aromatic carbocycles. The summed E-state index contributed by atoms with van der Waals surface area (Å²) in [5.41, 5.74) is 0.519. The molecule has 0 unspecified atom stereocenters. The molecule has 24 heavy (non-hydrogen) atoms. The summed E-state index contributed by atoms with van der Waals surface area (Å²) in [5, 5.41) is 0. The molecule has 1 rings (SSSR count). The molecule has 0 N–H and O–H groups in total. The van der Waals surface area contributed by atoms with Crippen molar-refractivity contribution in [1.29, 1.82) is 0 Å². The molecule has 0 fully saturated rings. The summed E-state index contributed by atoms with van der Waals surface area (Å²) in [7, 11) is -1.72. The van der Waals surface area contributed by atoms with Gasteiger partial charge in [-0.15, -0.1) is 0 Å². The molecule has 6 heteroatoms. The van der Waals surface area contributed by atoms with Crippen LogP contribution in [-0.4, -0.2) is 50.2 Å². The highest BCUT2D eigenvalue weighted by Gasteiger charge is 2.23. The molecule has 1 amide bonds. The second-order valence-corrected chi connectivity index (χ2v) is 7.95. The minimum Gasteiger partial charge on any atom is -0.342 e. The van der Waals surface area contributed by atoms with Gasteiger partial charge in [0.15, 0.2) is 0 Å². The molecule has 5 nitrogen and oxygen atoms in total. The monoisotopic (exact) mass is 354 g/mol. The van der Waals surface area contributed by atoms with Crippen LogP contribution in [-0.2, 0) is 10.0 Å². The number of sulfonamides is 1. The molecule has 0 aromatic heterocycles. The Bertz CT molecular complexity index is 606. The van der Waals surface area contributed by atoms with Gasteiger partial charge in [0.2, 0.25) is 10.0 Å². The zero-order chi connectivity index (χ0) is 18.2. The van der Waals surface area contributed by atoms with Gasteiger partial charge in [-0.05, 0) is 43.5 Å². The van der Waals surface area contributed by atoms with E-state index in [1.165, 1.54) is 16.4 Å². The number of carbonyl (C=O) groups excluding carboxylic acids is 1. The van der Waals surface area contributed by atoms with Crippen molar-refractivity contribution in [3.8, 4) is 0 Å². The van der Waals surface area contributed by atoms with E-state index in [4.69, 9.17) is 0 Å². The van der Waals surface area contributed by atoms with E-state index in [1.807, 2.05) is 13.8 Å². The Morgan fingerprint density at radius 3 is 1.92 bits per heavy atom. The fourth-order valence-corrected chi connectivity index (χ4v) is 4.11. The first-order valence-electron chi connectivity index (χ1n) is 8.74. The SMILES string of the molecule is CCCCN(C)C(=O)c1ccc(S(=O)(=O)N(CCC)CCC)cc1. The average Bonchev–Trinajstić information content (AvgIpc) is 2.58. The minimum absolute atomic E-state index is 0.0774. The Labute approximate surface area is 146 Å². The maximum absolute atomic E-state index is 12.7. The summed E-state index contributed by atoms with van der Waals surface area (Å²) in [6.45, 7) is 7.73. The third-order valence-corrected chi connectivity index (χ3v) is 5.79. The maximum Gasteiger partial charge on any atom is 0.253 e. The maximum atomic E-state index is 12.7. The summed E-state index contributed by atoms with van der Waals surface area (Å²) in [6, 6.07) is 6.28. The van der Waals surface area contributed by atoms with E-state index in [-0.39, 0.29) is 10.8 Å². The topological polar surface area (TPSA) is 57.7 Å². The molecular weight excluding hydrogens is 324 g/mol. The lowest BCUT2D eigenvalue weighted by Gasteiger charge is -2.21. The molecule has 0 saturated heterocycles. The van der Waals surface area contributed by atoms with Crippen LogP contribution in [0.4, 0.5) is 0 Å². The number of unbranched alkanes of at least 4 members (excludes halogenated alkanes) is 1. The lowest BCUT2D eigenvalue weighted by atomic mass is 10.2. The molecule has 0 spiro atoms. The summed E-state index contributed by atoms with van der Waals surface area (Å²) >= 11 is 0. The molecule has 0 heterocycles. The minimum atomic E-state index is -3.49. The third kappa shape index (κ3) is 5.31. The highest BCUT2D eigenvalue weighted by atomic mass is 32.2. The lowest BCUT2D eigenvalue weighted by Crippen LogP contribution is -2.32. The number of nitrogens with zero attached hydrogens (tertiary/aromatic N) is 2. The quantitative estimate of drug-likeness (QED) is 0.647. The Balaban J connectivity index is 2.94. The van der Waals surface area contributed by atoms with Crippen molar-refractivity contribution in [2.45, 2.75) is 51.3 Å². The van der Waals surface area contributed by atoms with E-state index in [0.717, 1.165) is 25.7 Å². The normalized spacial score (nSPS) is 11.7. The summed E-state index contributed by atoms with van der Waals surface area (Å²) < 4.78 is 26.9. The molecule has 0 aliphatic rings. The smallest absolute Gasteiger partial charge is 0.253 e. The van der Waals surface area contributed by atoms with E-state index in [2.05, 4.69) is 6.92 Å². The van der Waals surface area contributed by atoms with Gasteiger partial charge < -0.3 is 4.90 Å². The lowest BCUT2D eigenvalue weighted by molar-refractivity contribution is 0.0793. The van der Waals surface area contributed by atoms with Crippen LogP contribution < -0.4 is 0 Å². The van der Waals surface area contributed by atoms with E-state index in [0.29, 0.717) is 25.2 Å². The zero-order valence-electron chi connectivity index (χ0n) is 15.3. The van der Waals surface area contributed by atoms with Crippen LogP contribution >= 0.6 is 0 Å². The number of benzene rings is 1. The van der Waals surface area contributed by atoms with Gasteiger partial charge in [0.1, 0.15) is 0 Å². The molecular formula is C18H30N2O3S. The van der Waals surface area contributed by atoms with Crippen LogP contribution in [0.1, 0.15) is 56.8 Å². The molecule has 1 aromatic rings. The van der Waals surface area contributed by atoms with Crippen molar-refractivity contribution in [1.82, 2.24) is 9.21 Å². The highest BCUT2D eigenvalue weighted by Crippen LogP contribution is 2.18. The molecule has 0 aliphatic carbocycles. The number of rotatable bonds is 10. The van der Waals surface area contributed by atoms with Crippen LogP contribution in [0.5, 0.6) is 0 Å². The third-order valence-electron chi connectivity index (χ3n) is 3.88. The van der Waals surface area contributed by atoms with Crippen molar-refractivity contribution >= 4 is 15.9 Å². The number of carbonyl (C=O) groups is 1. The van der Waals surface area contributed by atoms with Gasteiger partial charge in [0.05, 0.1) is 4.90 Å². The zero-order valence-corrected chi connectivity index (χ0v) is 16.1. The molecule has 0 aliphatic heterocycles. The number of hydrogen-bond donors (Lipinski definition) is 0. The molecule has 0 saturated carbocycles. The second kappa shape index (κ2) is 9.79. The summed E-state index contributed by atoms with van der Waals surface area (Å²) in [6.07, 6.45) is 3.53. The van der Waals surface area contributed by atoms with Crippen molar-refractivity contribution in [3.05, 3.63) is 29.8 Å². The van der Waals surface area contributed by atoms with Crippen LogP contribution in [0, 0.1) is 0 Å². The highest BCUT2D eigenvalue weighted by molar-refractivity contribution is 7.89. The van der Waals surface area contributed by atoms with E-state index in [9.17, 15) is 13.2 Å². The van der Waals surface area contributed by atoms with Gasteiger partial charge in [-0.1, -0.05) is 27.2 Å². The fraction of sp³-hybridized carbons (Fsp3) is 0.611. The molecule has 136 valence electrons. The van der Waals surface area contributed by atoms with Crippen molar-refractivity contribution in [3.63, 3.8) is 0 Å². The van der Waals surface area contributed by atoms with Crippen molar-refractivity contribution in [2.75, 3.05) is 26.7 Å². The predicted octanol–water partition coefficient (Wildman–Crippen LogP) is 3.37. The van der Waals surface area contributed by atoms with Gasteiger partial charge in [0.25, 0.3) is 5.91 Å². The summed E-state index contributed by atoms with van der Waals surface area (Å²) in [4.78, 5) is 14.2. The first-order valence-corrected chi connectivity index (χ1v) is 10.2. The number of amides is 1. The van der Waals surface area contributed by atoms with Gasteiger partial charge in [-0.2, -0.15) is 4.31 Å². The largest absolute Gasteiger partial charge is 0.342 e. The van der Waals surface area contributed by atoms with Crippen molar-refractivity contribution in [2.24, 2.45) is 0 Å². The molecule has 0 bridgehead atoms. The van der Waals surface area contributed by atoms with Gasteiger partial charge in [-0.3, -0.25) is 4.79 Å². The Morgan fingerprint density at radius 2 is 1.46 bits per heavy atom. The van der Waals surface area contributed by atoms with E-state index < -0.39 is 10.0 Å². The Morgan fingerprint density at radius 1 is 0.917 bits per heavy atom. The standard InChI is InChI=1S/C18H30N2O3S/c1-5-8-15-19(4)18(21)16-9-11-17(12-10-16)24(22,23)20(13-6-2)14-7-3/h9-12H,5-8,13-15H2,1-4H3.